The smallest absolute Gasteiger partial charge is 0.478 e. The van der Waals surface area contributed by atoms with E-state index in [1.807, 2.05) is 0 Å². The van der Waals surface area contributed by atoms with Gasteiger partial charge in [0.2, 0.25) is 0 Å². The Hall–Kier alpha value is -3.76. The molecule has 0 spiro atoms. The van der Waals surface area contributed by atoms with Crippen LogP contribution in [0.2, 0.25) is 0 Å². The molecule has 0 amide bonds. The van der Waals surface area contributed by atoms with Gasteiger partial charge in [0.1, 0.15) is 17.8 Å². The lowest BCUT2D eigenvalue weighted by Crippen LogP contribution is -2.38. The highest BCUT2D eigenvalue weighted by atomic mass is 19.4. The van der Waals surface area contributed by atoms with E-state index in [1.54, 1.807) is 26.0 Å². The average Bonchev–Trinajstić information content (AvgIpc) is 3.04. The van der Waals surface area contributed by atoms with Crippen LogP contribution in [0.5, 0.6) is 11.5 Å². The summed E-state index contributed by atoms with van der Waals surface area (Å²) in [4.78, 5) is 24.1. The maximum absolute atomic E-state index is 12.7. The average molecular weight is 465 g/mol. The first-order valence-electron chi connectivity index (χ1n) is 9.80. The molecule has 176 valence electrons. The minimum atomic E-state index is -4.80. The Kier molecular flexibility index (Phi) is 6.26. The molecule has 2 aromatic carbocycles. The normalized spacial score (nSPS) is 12.0. The summed E-state index contributed by atoms with van der Waals surface area (Å²) in [6.07, 6.45) is -3.53. The predicted molar refractivity (Wildman–Crippen MR) is 112 cm³/mol. The van der Waals surface area contributed by atoms with Crippen molar-refractivity contribution in [1.29, 1.82) is 0 Å². The standard InChI is InChI=1S/C22H22F3N3O5/c1-13-9-15(10-14(2)18(13)33-21(3,4)19(29)30)11-28-20(31)27(12-26-28)16-5-7-17(8-6-16)32-22(23,24)25/h5-10,12H,11H2,1-4H3,(H,29,30). The monoisotopic (exact) mass is 465 g/mol. The molecule has 3 rings (SSSR count). The fourth-order valence-electron chi connectivity index (χ4n) is 3.20. The highest BCUT2D eigenvalue weighted by Gasteiger charge is 2.31. The van der Waals surface area contributed by atoms with Crippen molar-refractivity contribution in [3.63, 3.8) is 0 Å². The number of carbonyl (C=O) groups is 1. The molecule has 1 aromatic heterocycles. The summed E-state index contributed by atoms with van der Waals surface area (Å²) in [6, 6.07) is 8.40. The first-order valence-corrected chi connectivity index (χ1v) is 9.80. The van der Waals surface area contributed by atoms with Gasteiger partial charge in [-0.2, -0.15) is 5.10 Å². The molecule has 1 heterocycles. The number of hydrogen-bond acceptors (Lipinski definition) is 5. The molecule has 0 saturated carbocycles. The summed E-state index contributed by atoms with van der Waals surface area (Å²) in [7, 11) is 0. The first-order chi connectivity index (χ1) is 15.3. The van der Waals surface area contributed by atoms with Gasteiger partial charge in [0.05, 0.1) is 12.2 Å². The molecule has 0 fully saturated rings. The van der Waals surface area contributed by atoms with Gasteiger partial charge in [-0.25, -0.2) is 18.8 Å². The van der Waals surface area contributed by atoms with Gasteiger partial charge in [0.25, 0.3) is 0 Å². The van der Waals surface area contributed by atoms with Crippen molar-refractivity contribution >= 4 is 5.97 Å². The third-order valence-electron chi connectivity index (χ3n) is 4.81. The van der Waals surface area contributed by atoms with Gasteiger partial charge in [-0.05, 0) is 68.7 Å². The Morgan fingerprint density at radius 2 is 1.64 bits per heavy atom. The highest BCUT2D eigenvalue weighted by Crippen LogP contribution is 2.29. The number of benzene rings is 2. The Morgan fingerprint density at radius 3 is 2.15 bits per heavy atom. The lowest BCUT2D eigenvalue weighted by molar-refractivity contribution is -0.274. The van der Waals surface area contributed by atoms with Gasteiger partial charge in [0.15, 0.2) is 5.60 Å². The summed E-state index contributed by atoms with van der Waals surface area (Å²) < 4.78 is 48.9. The number of ether oxygens (including phenoxy) is 2. The topological polar surface area (TPSA) is 95.6 Å². The second-order valence-electron chi connectivity index (χ2n) is 7.96. The zero-order chi connectivity index (χ0) is 24.6. The van der Waals surface area contributed by atoms with Crippen LogP contribution in [0.25, 0.3) is 5.69 Å². The minimum absolute atomic E-state index is 0.130. The minimum Gasteiger partial charge on any atom is -0.478 e. The summed E-state index contributed by atoms with van der Waals surface area (Å²) in [5, 5.41) is 13.4. The number of aryl methyl sites for hydroxylation is 2. The zero-order valence-electron chi connectivity index (χ0n) is 18.3. The van der Waals surface area contributed by atoms with E-state index in [1.165, 1.54) is 41.6 Å². The number of rotatable bonds is 7. The summed E-state index contributed by atoms with van der Waals surface area (Å²) in [5.41, 5.74) is 0.578. The molecule has 0 radical (unpaired) electrons. The largest absolute Gasteiger partial charge is 0.573 e. The van der Waals surface area contributed by atoms with Crippen molar-refractivity contribution < 1.29 is 32.5 Å². The maximum Gasteiger partial charge on any atom is 0.573 e. The van der Waals surface area contributed by atoms with Crippen LogP contribution >= 0.6 is 0 Å². The lowest BCUT2D eigenvalue weighted by atomic mass is 10.0. The SMILES string of the molecule is Cc1cc(Cn2ncn(-c3ccc(OC(F)(F)F)cc3)c2=O)cc(C)c1OC(C)(C)C(=O)O. The van der Waals surface area contributed by atoms with Crippen LogP contribution in [0.3, 0.4) is 0 Å². The van der Waals surface area contributed by atoms with E-state index < -0.39 is 29.4 Å². The first kappa shape index (κ1) is 23.9. The van der Waals surface area contributed by atoms with Gasteiger partial charge in [0, 0.05) is 0 Å². The second kappa shape index (κ2) is 8.64. The quantitative estimate of drug-likeness (QED) is 0.570. The molecule has 0 aliphatic carbocycles. The maximum atomic E-state index is 12.7. The van der Waals surface area contributed by atoms with E-state index in [2.05, 4.69) is 9.84 Å². The van der Waals surface area contributed by atoms with Crippen LogP contribution in [0, 0.1) is 13.8 Å². The molecule has 0 bridgehead atoms. The van der Waals surface area contributed by atoms with Crippen molar-refractivity contribution in [3.05, 3.63) is 69.9 Å². The van der Waals surface area contributed by atoms with Gasteiger partial charge >= 0.3 is 18.0 Å². The van der Waals surface area contributed by atoms with Gasteiger partial charge < -0.3 is 14.6 Å². The van der Waals surface area contributed by atoms with Crippen LogP contribution in [0.15, 0.2) is 47.5 Å². The van der Waals surface area contributed by atoms with Crippen molar-refractivity contribution in [1.82, 2.24) is 14.3 Å². The van der Waals surface area contributed by atoms with E-state index in [-0.39, 0.29) is 6.54 Å². The fraction of sp³-hybridized carbons (Fsp3) is 0.318. The molecule has 0 aliphatic heterocycles. The van der Waals surface area contributed by atoms with E-state index in [0.717, 1.165) is 17.7 Å². The molecule has 8 nitrogen and oxygen atoms in total. The number of nitrogens with zero attached hydrogens (tertiary/aromatic N) is 3. The summed E-state index contributed by atoms with van der Waals surface area (Å²) in [6.45, 7) is 6.59. The van der Waals surface area contributed by atoms with Crippen LogP contribution in [0.1, 0.15) is 30.5 Å². The number of aliphatic carboxylic acids is 1. The molecular weight excluding hydrogens is 443 g/mol. The van der Waals surface area contributed by atoms with E-state index >= 15 is 0 Å². The number of carboxylic acid groups (broad SMARTS) is 1. The van der Waals surface area contributed by atoms with Crippen LogP contribution in [-0.4, -0.2) is 37.4 Å². The fourth-order valence-corrected chi connectivity index (χ4v) is 3.20. The summed E-state index contributed by atoms with van der Waals surface area (Å²) >= 11 is 0. The molecule has 0 aliphatic rings. The number of aromatic nitrogens is 3. The Labute approximate surface area is 186 Å². The van der Waals surface area contributed by atoms with Crippen molar-refractivity contribution in [2.75, 3.05) is 0 Å². The lowest BCUT2D eigenvalue weighted by Gasteiger charge is -2.24. The Bertz CT molecular complexity index is 1200. The third-order valence-corrected chi connectivity index (χ3v) is 4.81. The number of hydrogen-bond donors (Lipinski definition) is 1. The van der Waals surface area contributed by atoms with Gasteiger partial charge in [-0.3, -0.25) is 0 Å². The predicted octanol–water partition coefficient (Wildman–Crippen LogP) is 3.84. The molecule has 0 unspecified atom stereocenters. The molecule has 33 heavy (non-hydrogen) atoms. The van der Waals surface area contributed by atoms with E-state index in [4.69, 9.17) is 4.74 Å². The van der Waals surface area contributed by atoms with Crippen molar-refractivity contribution in [3.8, 4) is 17.2 Å². The van der Waals surface area contributed by atoms with E-state index in [0.29, 0.717) is 22.6 Å². The number of carboxylic acids is 1. The van der Waals surface area contributed by atoms with Crippen LogP contribution in [-0.2, 0) is 11.3 Å². The van der Waals surface area contributed by atoms with E-state index in [9.17, 15) is 27.9 Å². The number of halogens is 3. The molecular formula is C22H22F3N3O5. The molecule has 0 saturated heterocycles. The van der Waals surface area contributed by atoms with Gasteiger partial charge in [-0.1, -0.05) is 12.1 Å². The highest BCUT2D eigenvalue weighted by molar-refractivity contribution is 5.77. The molecule has 1 N–H and O–H groups in total. The third kappa shape index (κ3) is 5.54. The van der Waals surface area contributed by atoms with Crippen molar-refractivity contribution in [2.24, 2.45) is 0 Å². The Morgan fingerprint density at radius 1 is 1.06 bits per heavy atom. The molecule has 0 atom stereocenters. The molecule has 11 heteroatoms. The Balaban J connectivity index is 1.82. The van der Waals surface area contributed by atoms with Crippen molar-refractivity contribution in [2.45, 2.75) is 46.2 Å². The van der Waals surface area contributed by atoms with Crippen LogP contribution in [0.4, 0.5) is 13.2 Å². The molecule has 3 aromatic rings. The number of alkyl halides is 3. The summed E-state index contributed by atoms with van der Waals surface area (Å²) in [5.74, 6) is -1.04. The second-order valence-corrected chi connectivity index (χ2v) is 7.96. The van der Waals surface area contributed by atoms with Crippen LogP contribution < -0.4 is 15.2 Å². The van der Waals surface area contributed by atoms with Gasteiger partial charge in [-0.15, -0.1) is 13.2 Å². The zero-order valence-corrected chi connectivity index (χ0v) is 18.3.